The molecule has 0 unspecified atom stereocenters. The topological polar surface area (TPSA) is 61.8 Å². The number of carbonyl (C=O) groups excluding carboxylic acids is 1. The molecule has 1 aromatic rings. The van der Waals surface area contributed by atoms with Crippen molar-refractivity contribution in [2.45, 2.75) is 50.7 Å². The van der Waals surface area contributed by atoms with Crippen LogP contribution in [0.15, 0.2) is 24.3 Å². The van der Waals surface area contributed by atoms with Crippen molar-refractivity contribution in [3.8, 4) is 0 Å². The number of hydrogen-bond donors (Lipinski definition) is 2. The van der Waals surface area contributed by atoms with Crippen molar-refractivity contribution >= 4 is 6.03 Å². The van der Waals surface area contributed by atoms with Crippen molar-refractivity contribution in [3.63, 3.8) is 0 Å². The Balaban J connectivity index is 1.26. The Kier molecular flexibility index (Phi) is 4.46. The third kappa shape index (κ3) is 2.83. The maximum absolute atomic E-state index is 12.5. The van der Waals surface area contributed by atoms with E-state index < -0.39 is 0 Å². The second-order valence-electron chi connectivity index (χ2n) is 7.70. The largest absolute Gasteiger partial charge is 0.392 e. The molecule has 5 heteroatoms. The SMILES string of the molecule is CCO[C@@H]1C[C@@H](O)C12CCN(C(=O)NC[C@@H]1Cc3ccccc31)CC2. The Morgan fingerprint density at radius 3 is 2.80 bits per heavy atom. The fraction of sp³-hybridized carbons (Fsp3) is 0.650. The molecule has 4 rings (SSSR count). The van der Waals surface area contributed by atoms with E-state index in [0.29, 0.717) is 32.2 Å². The fourth-order valence-electron chi connectivity index (χ4n) is 4.81. The van der Waals surface area contributed by atoms with E-state index in [2.05, 4.69) is 29.6 Å². The number of piperidine rings is 1. The number of nitrogens with zero attached hydrogens (tertiary/aromatic N) is 1. The van der Waals surface area contributed by atoms with Gasteiger partial charge in [0.1, 0.15) is 0 Å². The van der Waals surface area contributed by atoms with E-state index in [4.69, 9.17) is 4.74 Å². The number of aliphatic hydroxyl groups is 1. The molecule has 1 saturated carbocycles. The minimum absolute atomic E-state index is 0.0287. The van der Waals surface area contributed by atoms with E-state index >= 15 is 0 Å². The lowest BCUT2D eigenvalue weighted by Gasteiger charge is -2.56. The zero-order valence-corrected chi connectivity index (χ0v) is 14.9. The Labute approximate surface area is 149 Å². The predicted octanol–water partition coefficient (Wildman–Crippen LogP) is 2.29. The Morgan fingerprint density at radius 1 is 1.36 bits per heavy atom. The van der Waals surface area contributed by atoms with E-state index in [0.717, 1.165) is 25.7 Å². The molecule has 0 bridgehead atoms. The average Bonchev–Trinajstić information content (AvgIpc) is 2.62. The summed E-state index contributed by atoms with van der Waals surface area (Å²) >= 11 is 0. The van der Waals surface area contributed by atoms with E-state index in [-0.39, 0.29) is 23.7 Å². The molecule has 1 aliphatic heterocycles. The summed E-state index contributed by atoms with van der Waals surface area (Å²) in [7, 11) is 0. The molecule has 0 radical (unpaired) electrons. The number of likely N-dealkylation sites (tertiary alicyclic amines) is 1. The van der Waals surface area contributed by atoms with Crippen molar-refractivity contribution in [1.29, 1.82) is 0 Å². The summed E-state index contributed by atoms with van der Waals surface area (Å²) in [5, 5.41) is 13.4. The fourth-order valence-corrected chi connectivity index (χ4v) is 4.81. The van der Waals surface area contributed by atoms with E-state index in [9.17, 15) is 9.90 Å². The molecular weight excluding hydrogens is 316 g/mol. The lowest BCUT2D eigenvalue weighted by atomic mass is 9.58. The summed E-state index contributed by atoms with van der Waals surface area (Å²) in [5.74, 6) is 0.451. The molecule has 1 saturated heterocycles. The zero-order chi connectivity index (χ0) is 17.4. The standard InChI is InChI=1S/C20H28N2O3/c1-2-25-18-12-17(23)20(18)7-9-22(10-8-20)19(24)21-13-15-11-14-5-3-4-6-16(14)15/h3-6,15,17-18,23H,2,7-13H2,1H3,(H,21,24)/t15-,17+,18+/m0/s1. The number of nitrogens with one attached hydrogen (secondary N) is 1. The lowest BCUT2D eigenvalue weighted by molar-refractivity contribution is -0.207. The van der Waals surface area contributed by atoms with E-state index in [1.165, 1.54) is 11.1 Å². The molecular formula is C20H28N2O3. The summed E-state index contributed by atoms with van der Waals surface area (Å²) < 4.78 is 5.79. The molecule has 136 valence electrons. The molecule has 3 aliphatic rings. The van der Waals surface area contributed by atoms with Crippen LogP contribution in [0.2, 0.25) is 0 Å². The molecule has 0 aromatic heterocycles. The Hall–Kier alpha value is -1.59. The lowest BCUT2D eigenvalue weighted by Crippen LogP contribution is -2.63. The summed E-state index contributed by atoms with van der Waals surface area (Å²) in [6, 6.07) is 8.49. The number of aliphatic hydroxyl groups excluding tert-OH is 1. The summed E-state index contributed by atoms with van der Waals surface area (Å²) in [6.45, 7) is 4.80. The highest BCUT2D eigenvalue weighted by atomic mass is 16.5. The number of benzene rings is 1. The van der Waals surface area contributed by atoms with E-state index in [1.807, 2.05) is 11.8 Å². The van der Waals surface area contributed by atoms with Gasteiger partial charge in [0, 0.05) is 44.0 Å². The first-order chi connectivity index (χ1) is 12.1. The van der Waals surface area contributed by atoms with Gasteiger partial charge in [-0.15, -0.1) is 0 Å². The summed E-state index contributed by atoms with van der Waals surface area (Å²) in [4.78, 5) is 14.4. The van der Waals surface area contributed by atoms with Gasteiger partial charge in [-0.3, -0.25) is 0 Å². The number of amides is 2. The molecule has 1 spiro atoms. The molecule has 2 fully saturated rings. The smallest absolute Gasteiger partial charge is 0.317 e. The van der Waals surface area contributed by atoms with Crippen molar-refractivity contribution in [3.05, 3.63) is 35.4 Å². The maximum Gasteiger partial charge on any atom is 0.317 e. The third-order valence-electron chi connectivity index (χ3n) is 6.55. The van der Waals surface area contributed by atoms with Crippen LogP contribution in [0.4, 0.5) is 4.79 Å². The molecule has 2 aliphatic carbocycles. The predicted molar refractivity (Wildman–Crippen MR) is 95.6 cm³/mol. The first kappa shape index (κ1) is 16.9. The molecule has 2 N–H and O–H groups in total. The van der Waals surface area contributed by atoms with E-state index in [1.54, 1.807) is 0 Å². The Morgan fingerprint density at radius 2 is 2.12 bits per heavy atom. The van der Waals surface area contributed by atoms with Crippen LogP contribution in [0.25, 0.3) is 0 Å². The van der Waals surface area contributed by atoms with Gasteiger partial charge in [0.2, 0.25) is 0 Å². The molecule has 1 aromatic carbocycles. The van der Waals surface area contributed by atoms with Gasteiger partial charge in [0.25, 0.3) is 0 Å². The van der Waals surface area contributed by atoms with Gasteiger partial charge in [-0.25, -0.2) is 4.79 Å². The van der Waals surface area contributed by atoms with Gasteiger partial charge in [-0.05, 0) is 37.3 Å². The van der Waals surface area contributed by atoms with Crippen LogP contribution in [-0.2, 0) is 11.2 Å². The molecule has 3 atom stereocenters. The first-order valence-corrected chi connectivity index (χ1v) is 9.54. The number of urea groups is 1. The highest BCUT2D eigenvalue weighted by molar-refractivity contribution is 5.74. The quantitative estimate of drug-likeness (QED) is 0.881. The highest BCUT2D eigenvalue weighted by Crippen LogP contribution is 2.50. The van der Waals surface area contributed by atoms with Crippen LogP contribution in [0, 0.1) is 5.41 Å². The van der Waals surface area contributed by atoms with Crippen LogP contribution in [0.3, 0.4) is 0 Å². The average molecular weight is 344 g/mol. The molecule has 1 heterocycles. The molecule has 2 amide bonds. The molecule has 25 heavy (non-hydrogen) atoms. The van der Waals surface area contributed by atoms with Crippen LogP contribution in [0.5, 0.6) is 0 Å². The van der Waals surface area contributed by atoms with Gasteiger partial charge in [-0.1, -0.05) is 24.3 Å². The van der Waals surface area contributed by atoms with Crippen LogP contribution >= 0.6 is 0 Å². The third-order valence-corrected chi connectivity index (χ3v) is 6.55. The van der Waals surface area contributed by atoms with Crippen molar-refractivity contribution in [2.24, 2.45) is 5.41 Å². The van der Waals surface area contributed by atoms with Crippen LogP contribution < -0.4 is 5.32 Å². The number of hydrogen-bond acceptors (Lipinski definition) is 3. The number of fused-ring (bicyclic) bond motifs is 1. The van der Waals surface area contributed by atoms with Crippen molar-refractivity contribution in [1.82, 2.24) is 10.2 Å². The second kappa shape index (κ2) is 6.61. The second-order valence-corrected chi connectivity index (χ2v) is 7.70. The number of carbonyl (C=O) groups is 1. The zero-order valence-electron chi connectivity index (χ0n) is 14.9. The maximum atomic E-state index is 12.5. The first-order valence-electron chi connectivity index (χ1n) is 9.54. The van der Waals surface area contributed by atoms with Crippen LogP contribution in [-0.4, -0.2) is 54.5 Å². The van der Waals surface area contributed by atoms with Crippen molar-refractivity contribution < 1.29 is 14.6 Å². The summed E-state index contributed by atoms with van der Waals surface area (Å²) in [5.41, 5.74) is 2.65. The Bertz CT molecular complexity index is 638. The monoisotopic (exact) mass is 344 g/mol. The summed E-state index contributed by atoms with van der Waals surface area (Å²) in [6.07, 6.45) is 3.34. The van der Waals surface area contributed by atoms with Crippen LogP contribution in [0.1, 0.15) is 43.2 Å². The van der Waals surface area contributed by atoms with Gasteiger partial charge in [-0.2, -0.15) is 0 Å². The van der Waals surface area contributed by atoms with Gasteiger partial charge in [0.05, 0.1) is 12.2 Å². The highest BCUT2D eigenvalue weighted by Gasteiger charge is 2.56. The van der Waals surface area contributed by atoms with Crippen molar-refractivity contribution in [2.75, 3.05) is 26.2 Å². The normalized spacial score (nSPS) is 29.5. The van der Waals surface area contributed by atoms with Gasteiger partial charge in [0.15, 0.2) is 0 Å². The number of rotatable bonds is 4. The van der Waals surface area contributed by atoms with Gasteiger partial charge >= 0.3 is 6.03 Å². The minimum atomic E-state index is -0.277. The van der Waals surface area contributed by atoms with Gasteiger partial charge < -0.3 is 20.1 Å². The molecule has 5 nitrogen and oxygen atoms in total. The minimum Gasteiger partial charge on any atom is -0.392 e. The number of ether oxygens (including phenoxy) is 1.